The number of hydrazine groups is 2. The molecule has 2 heterocycles. The van der Waals surface area contributed by atoms with Gasteiger partial charge in [0.15, 0.2) is 0 Å². The topological polar surface area (TPSA) is 186 Å². The highest BCUT2D eigenvalue weighted by Gasteiger charge is 2.44. The minimum atomic E-state index is -1.32. The number of nitrogens with zero attached hydrogens (tertiary/aromatic N) is 3. The van der Waals surface area contributed by atoms with Crippen molar-refractivity contribution in [3.63, 3.8) is 0 Å². The maximum atomic E-state index is 13.4. The lowest BCUT2D eigenvalue weighted by Gasteiger charge is -2.42. The highest BCUT2D eigenvalue weighted by Crippen LogP contribution is 2.24. The third-order valence-electron chi connectivity index (χ3n) is 5.57. The van der Waals surface area contributed by atoms with Crippen molar-refractivity contribution in [2.45, 2.75) is 44.7 Å². The molecule has 1 aromatic carbocycles. The summed E-state index contributed by atoms with van der Waals surface area (Å²) < 4.78 is 0. The van der Waals surface area contributed by atoms with Gasteiger partial charge in [0, 0.05) is 19.9 Å². The van der Waals surface area contributed by atoms with Crippen LogP contribution in [0.4, 0.5) is 10.5 Å². The molecule has 0 spiro atoms. The first kappa shape index (κ1) is 26.1. The second-order valence-corrected chi connectivity index (χ2v) is 8.22. The van der Waals surface area contributed by atoms with Gasteiger partial charge in [-0.05, 0) is 25.0 Å². The summed E-state index contributed by atoms with van der Waals surface area (Å²) in [4.78, 5) is 85.7. The van der Waals surface area contributed by atoms with E-state index in [0.717, 1.165) is 15.0 Å². The third-order valence-corrected chi connectivity index (χ3v) is 5.57. The van der Waals surface area contributed by atoms with Gasteiger partial charge in [0.25, 0.3) is 5.91 Å². The third kappa shape index (κ3) is 5.95. The average Bonchev–Trinajstić information content (AvgIpc) is 2.95. The van der Waals surface area contributed by atoms with E-state index in [9.17, 15) is 33.6 Å². The van der Waals surface area contributed by atoms with Crippen LogP contribution < -0.4 is 16.1 Å². The largest absolute Gasteiger partial charge is 0.481 e. The van der Waals surface area contributed by atoms with E-state index < -0.39 is 54.1 Å². The number of carboxylic acid groups (broad SMARTS) is 1. The van der Waals surface area contributed by atoms with Crippen molar-refractivity contribution in [2.75, 3.05) is 18.4 Å². The lowest BCUT2D eigenvalue weighted by atomic mass is 10.1. The minimum Gasteiger partial charge on any atom is -0.481 e. The smallest absolute Gasteiger partial charge is 0.358 e. The summed E-state index contributed by atoms with van der Waals surface area (Å²) in [5.41, 5.74) is 2.73. The van der Waals surface area contributed by atoms with Gasteiger partial charge in [-0.1, -0.05) is 12.1 Å². The molecule has 0 aliphatic carbocycles. The van der Waals surface area contributed by atoms with E-state index in [-0.39, 0.29) is 43.5 Å². The zero-order valence-electron chi connectivity index (χ0n) is 19.4. The number of anilines is 1. The first-order chi connectivity index (χ1) is 17.1. The Hall–Kier alpha value is -4.49. The molecule has 2 unspecified atom stereocenters. The molecule has 14 heteroatoms. The lowest BCUT2D eigenvalue weighted by molar-refractivity contribution is -0.155. The van der Waals surface area contributed by atoms with Crippen molar-refractivity contribution in [3.05, 3.63) is 29.8 Å². The number of urea groups is 1. The van der Waals surface area contributed by atoms with Crippen LogP contribution in [0.2, 0.25) is 0 Å². The van der Waals surface area contributed by atoms with Gasteiger partial charge in [0.2, 0.25) is 17.7 Å². The van der Waals surface area contributed by atoms with Crippen LogP contribution in [0.15, 0.2) is 24.3 Å². The number of hydrogen-bond acceptors (Lipinski definition) is 7. The summed E-state index contributed by atoms with van der Waals surface area (Å²) in [6.07, 6.45) is 0.0254. The van der Waals surface area contributed by atoms with Crippen LogP contribution in [0.25, 0.3) is 0 Å². The van der Waals surface area contributed by atoms with E-state index in [1.807, 2.05) is 0 Å². The summed E-state index contributed by atoms with van der Waals surface area (Å²) in [5.74, 6) is -3.68. The van der Waals surface area contributed by atoms with Gasteiger partial charge in [-0.3, -0.25) is 29.4 Å². The van der Waals surface area contributed by atoms with Gasteiger partial charge < -0.3 is 20.5 Å². The summed E-state index contributed by atoms with van der Waals surface area (Å²) in [7, 11) is 0. The first-order valence-electron chi connectivity index (χ1n) is 11.2. The fraction of sp³-hybridized carbons (Fsp3) is 0.409. The number of rotatable bonds is 8. The Morgan fingerprint density at radius 1 is 1.17 bits per heavy atom. The van der Waals surface area contributed by atoms with E-state index in [4.69, 9.17) is 5.11 Å². The molecule has 6 amide bonds. The van der Waals surface area contributed by atoms with Crippen LogP contribution in [0, 0.1) is 0 Å². The molecule has 4 N–H and O–H groups in total. The summed E-state index contributed by atoms with van der Waals surface area (Å²) in [5, 5.41) is 16.7. The number of amides is 6. The molecule has 14 nitrogen and oxygen atoms in total. The number of para-hydroxylation sites is 1. The summed E-state index contributed by atoms with van der Waals surface area (Å²) in [6, 6.07) is 2.76. The molecular weight excluding hydrogens is 476 g/mol. The Labute approximate surface area is 205 Å². The van der Waals surface area contributed by atoms with Gasteiger partial charge in [-0.15, -0.1) is 0 Å². The van der Waals surface area contributed by atoms with Crippen molar-refractivity contribution in [2.24, 2.45) is 0 Å². The van der Waals surface area contributed by atoms with Crippen LogP contribution in [-0.4, -0.2) is 87.2 Å². The monoisotopic (exact) mass is 502 g/mol. The molecule has 2 aliphatic heterocycles. The van der Waals surface area contributed by atoms with Gasteiger partial charge in [0.05, 0.1) is 30.3 Å². The SMILES string of the molecule is CC(=O)Nc1ccccc1C(=O)NN1CCC(=O)N2CCCC(C(=O)NC(C=O)CC(=O)O)N2C1=O. The zero-order chi connectivity index (χ0) is 26.4. The van der Waals surface area contributed by atoms with Crippen LogP contribution in [0.1, 0.15) is 43.0 Å². The van der Waals surface area contributed by atoms with E-state index in [0.29, 0.717) is 6.42 Å². The van der Waals surface area contributed by atoms with E-state index in [2.05, 4.69) is 16.1 Å². The second-order valence-electron chi connectivity index (χ2n) is 8.22. The second kappa shape index (κ2) is 11.3. The Bertz CT molecular complexity index is 1090. The lowest BCUT2D eigenvalue weighted by Crippen LogP contribution is -2.64. The molecular formula is C22H26N6O8. The average molecular weight is 502 g/mol. The summed E-state index contributed by atoms with van der Waals surface area (Å²) in [6.45, 7) is 1.26. The molecule has 0 bridgehead atoms. The molecule has 2 saturated heterocycles. The molecule has 2 aliphatic rings. The fourth-order valence-corrected chi connectivity index (χ4v) is 3.98. The predicted molar refractivity (Wildman–Crippen MR) is 122 cm³/mol. The van der Waals surface area contributed by atoms with Gasteiger partial charge in [-0.2, -0.15) is 0 Å². The molecule has 36 heavy (non-hydrogen) atoms. The van der Waals surface area contributed by atoms with E-state index in [1.54, 1.807) is 12.1 Å². The zero-order valence-corrected chi connectivity index (χ0v) is 19.4. The Balaban J connectivity index is 1.83. The molecule has 0 saturated carbocycles. The van der Waals surface area contributed by atoms with Gasteiger partial charge in [-0.25, -0.2) is 19.8 Å². The molecule has 2 atom stereocenters. The Kier molecular flexibility index (Phi) is 8.19. The number of nitrogens with one attached hydrogen (secondary N) is 3. The maximum absolute atomic E-state index is 13.4. The molecule has 2 fully saturated rings. The van der Waals surface area contributed by atoms with Crippen LogP contribution in [-0.2, 0) is 24.0 Å². The molecule has 192 valence electrons. The van der Waals surface area contributed by atoms with Crippen LogP contribution >= 0.6 is 0 Å². The number of fused-ring (bicyclic) bond motifs is 1. The van der Waals surface area contributed by atoms with Crippen molar-refractivity contribution < 1.29 is 38.7 Å². The molecule has 0 radical (unpaired) electrons. The van der Waals surface area contributed by atoms with Crippen molar-refractivity contribution in [3.8, 4) is 0 Å². The number of carbonyl (C=O) groups is 7. The van der Waals surface area contributed by atoms with Crippen molar-refractivity contribution >= 4 is 47.6 Å². The standard InChI is InChI=1S/C22H26N6O8/c1-13(30)23-16-6-3-2-5-15(16)20(34)25-26-10-8-18(31)27-9-4-7-17(28(27)22(26)36)21(35)24-14(12-29)11-19(32)33/h2-3,5-6,12,14,17H,4,7-11H2,1H3,(H,23,30)(H,24,35)(H,25,34)(H,32,33). The highest BCUT2D eigenvalue weighted by atomic mass is 16.4. The molecule has 3 rings (SSSR count). The molecule has 1 aromatic rings. The number of aliphatic carboxylic acids is 1. The van der Waals surface area contributed by atoms with E-state index >= 15 is 0 Å². The number of carbonyl (C=O) groups excluding carboxylic acids is 6. The number of hydrogen-bond donors (Lipinski definition) is 4. The number of benzene rings is 1. The number of carboxylic acids is 1. The fourth-order valence-electron chi connectivity index (χ4n) is 3.98. The number of aldehydes is 1. The van der Waals surface area contributed by atoms with E-state index in [1.165, 1.54) is 19.1 Å². The van der Waals surface area contributed by atoms with Gasteiger partial charge in [0.1, 0.15) is 12.3 Å². The normalized spacial score (nSPS) is 18.5. The summed E-state index contributed by atoms with van der Waals surface area (Å²) >= 11 is 0. The Morgan fingerprint density at radius 3 is 2.56 bits per heavy atom. The highest BCUT2D eigenvalue weighted by molar-refractivity contribution is 6.04. The Morgan fingerprint density at radius 2 is 1.89 bits per heavy atom. The van der Waals surface area contributed by atoms with Gasteiger partial charge >= 0.3 is 12.0 Å². The predicted octanol–water partition coefficient (Wildman–Crippen LogP) is -0.518. The van der Waals surface area contributed by atoms with Crippen molar-refractivity contribution in [1.29, 1.82) is 0 Å². The van der Waals surface area contributed by atoms with Crippen LogP contribution in [0.5, 0.6) is 0 Å². The minimum absolute atomic E-state index is 0.0726. The maximum Gasteiger partial charge on any atom is 0.358 e. The quantitative estimate of drug-likeness (QED) is 0.342. The molecule has 0 aromatic heterocycles. The van der Waals surface area contributed by atoms with Crippen molar-refractivity contribution in [1.82, 2.24) is 25.8 Å². The first-order valence-corrected chi connectivity index (χ1v) is 11.2. The van der Waals surface area contributed by atoms with Crippen LogP contribution in [0.3, 0.4) is 0 Å².